The summed E-state index contributed by atoms with van der Waals surface area (Å²) in [6.45, 7) is 2.07. The quantitative estimate of drug-likeness (QED) is 0.611. The van der Waals surface area contributed by atoms with E-state index < -0.39 is 0 Å². The number of amides is 1. The standard InChI is InChI=1S/C14H13IN2O2S/c1-2-9-8-10(15)5-6-11(9)16-14(20)17-13(18)12-4-3-7-19-12/h3-8H,2H2,1H3,(H2,16,17,18,20). The molecule has 0 bridgehead atoms. The predicted octanol–water partition coefficient (Wildman–Crippen LogP) is 3.57. The molecule has 0 spiro atoms. The van der Waals surface area contributed by atoms with E-state index in [-0.39, 0.29) is 16.8 Å². The zero-order valence-electron chi connectivity index (χ0n) is 10.8. The normalized spacial score (nSPS) is 10.1. The van der Waals surface area contributed by atoms with Gasteiger partial charge in [0.2, 0.25) is 0 Å². The molecule has 0 aliphatic rings. The molecule has 0 aliphatic heterocycles. The third-order valence-corrected chi connectivity index (χ3v) is 3.54. The smallest absolute Gasteiger partial charge is 0.293 e. The van der Waals surface area contributed by atoms with Crippen LogP contribution in [0.2, 0.25) is 0 Å². The largest absolute Gasteiger partial charge is 0.459 e. The van der Waals surface area contributed by atoms with Crippen molar-refractivity contribution >= 4 is 51.5 Å². The van der Waals surface area contributed by atoms with Crippen molar-refractivity contribution in [3.8, 4) is 0 Å². The Balaban J connectivity index is 2.03. The number of aryl methyl sites for hydroxylation is 1. The van der Waals surface area contributed by atoms with Crippen molar-refractivity contribution in [2.45, 2.75) is 13.3 Å². The van der Waals surface area contributed by atoms with Crippen LogP contribution in [0.1, 0.15) is 23.0 Å². The molecule has 4 nitrogen and oxygen atoms in total. The van der Waals surface area contributed by atoms with Crippen LogP contribution in [-0.4, -0.2) is 11.0 Å². The second-order valence-corrected chi connectivity index (χ2v) is 5.69. The van der Waals surface area contributed by atoms with E-state index in [0.717, 1.165) is 21.2 Å². The fraction of sp³-hybridized carbons (Fsp3) is 0.143. The van der Waals surface area contributed by atoms with E-state index >= 15 is 0 Å². The van der Waals surface area contributed by atoms with Gasteiger partial charge in [0, 0.05) is 9.26 Å². The topological polar surface area (TPSA) is 54.3 Å². The molecule has 2 N–H and O–H groups in total. The summed E-state index contributed by atoms with van der Waals surface area (Å²) in [7, 11) is 0. The van der Waals surface area contributed by atoms with Gasteiger partial charge < -0.3 is 9.73 Å². The van der Waals surface area contributed by atoms with Crippen LogP contribution < -0.4 is 10.6 Å². The van der Waals surface area contributed by atoms with E-state index in [1.54, 1.807) is 12.1 Å². The van der Waals surface area contributed by atoms with Gasteiger partial charge in [0.15, 0.2) is 10.9 Å². The van der Waals surface area contributed by atoms with Gasteiger partial charge in [0.25, 0.3) is 5.91 Å². The molecule has 6 heteroatoms. The van der Waals surface area contributed by atoms with Crippen molar-refractivity contribution in [3.05, 3.63) is 51.5 Å². The molecule has 0 saturated carbocycles. The molecule has 0 fully saturated rings. The van der Waals surface area contributed by atoms with Crippen LogP contribution in [0.15, 0.2) is 41.0 Å². The molecular weight excluding hydrogens is 387 g/mol. The number of anilines is 1. The molecule has 0 aliphatic carbocycles. The lowest BCUT2D eigenvalue weighted by atomic mass is 10.1. The zero-order valence-corrected chi connectivity index (χ0v) is 13.7. The van der Waals surface area contributed by atoms with E-state index in [9.17, 15) is 4.79 Å². The monoisotopic (exact) mass is 400 g/mol. The summed E-state index contributed by atoms with van der Waals surface area (Å²) in [4.78, 5) is 11.8. The second kappa shape index (κ2) is 6.85. The summed E-state index contributed by atoms with van der Waals surface area (Å²) in [5.41, 5.74) is 2.05. The number of rotatable bonds is 3. The van der Waals surface area contributed by atoms with Gasteiger partial charge in [-0.25, -0.2) is 0 Å². The number of carbonyl (C=O) groups excluding carboxylic acids is 1. The lowest BCUT2D eigenvalue weighted by molar-refractivity contribution is 0.0950. The molecule has 1 aromatic carbocycles. The van der Waals surface area contributed by atoms with Crippen LogP contribution in [0.25, 0.3) is 0 Å². The van der Waals surface area contributed by atoms with E-state index in [2.05, 4.69) is 46.2 Å². The summed E-state index contributed by atoms with van der Waals surface area (Å²) in [6.07, 6.45) is 2.33. The number of hydrogen-bond acceptors (Lipinski definition) is 3. The van der Waals surface area contributed by atoms with Crippen LogP contribution in [0.3, 0.4) is 0 Å². The molecule has 0 atom stereocenters. The summed E-state index contributed by atoms with van der Waals surface area (Å²) < 4.78 is 6.17. The van der Waals surface area contributed by atoms with Crippen LogP contribution in [0.4, 0.5) is 5.69 Å². The average molecular weight is 400 g/mol. The van der Waals surface area contributed by atoms with Crippen LogP contribution >= 0.6 is 34.8 Å². The van der Waals surface area contributed by atoms with Crippen molar-refractivity contribution in [1.29, 1.82) is 0 Å². The summed E-state index contributed by atoms with van der Waals surface area (Å²) >= 11 is 7.40. The third-order valence-electron chi connectivity index (χ3n) is 2.67. The Hall–Kier alpha value is -1.41. The van der Waals surface area contributed by atoms with Gasteiger partial charge in [0.1, 0.15) is 0 Å². The highest BCUT2D eigenvalue weighted by atomic mass is 127. The van der Waals surface area contributed by atoms with Gasteiger partial charge in [-0.05, 0) is 77.1 Å². The SMILES string of the molecule is CCc1cc(I)ccc1NC(=S)NC(=O)c1ccco1. The van der Waals surface area contributed by atoms with Gasteiger partial charge in [-0.15, -0.1) is 0 Å². The van der Waals surface area contributed by atoms with Crippen molar-refractivity contribution in [1.82, 2.24) is 5.32 Å². The van der Waals surface area contributed by atoms with Crippen molar-refractivity contribution < 1.29 is 9.21 Å². The maximum atomic E-state index is 11.8. The number of carbonyl (C=O) groups is 1. The Morgan fingerprint density at radius 2 is 2.20 bits per heavy atom. The van der Waals surface area contributed by atoms with Gasteiger partial charge in [-0.2, -0.15) is 0 Å². The highest BCUT2D eigenvalue weighted by Crippen LogP contribution is 2.19. The van der Waals surface area contributed by atoms with Crippen molar-refractivity contribution in [3.63, 3.8) is 0 Å². The fourth-order valence-electron chi connectivity index (χ4n) is 1.70. The van der Waals surface area contributed by atoms with E-state index in [1.165, 1.54) is 6.26 Å². The first-order chi connectivity index (χ1) is 9.60. The minimum atomic E-state index is -0.365. The maximum Gasteiger partial charge on any atom is 0.293 e. The Kier molecular flexibility index (Phi) is 5.13. The number of halogens is 1. The number of furan rings is 1. The van der Waals surface area contributed by atoms with Gasteiger partial charge >= 0.3 is 0 Å². The minimum Gasteiger partial charge on any atom is -0.459 e. The molecule has 0 radical (unpaired) electrons. The number of thiocarbonyl (C=S) groups is 1. The van der Waals surface area contributed by atoms with E-state index in [4.69, 9.17) is 16.6 Å². The second-order valence-electron chi connectivity index (χ2n) is 4.04. The first kappa shape index (κ1) is 15.0. The van der Waals surface area contributed by atoms with Gasteiger partial charge in [-0.3, -0.25) is 10.1 Å². The minimum absolute atomic E-state index is 0.229. The molecular formula is C14H13IN2O2S. The molecule has 2 aromatic rings. The molecule has 2 rings (SSSR count). The first-order valence-electron chi connectivity index (χ1n) is 6.04. The van der Waals surface area contributed by atoms with Crippen LogP contribution in [-0.2, 0) is 6.42 Å². The molecule has 1 amide bonds. The highest BCUT2D eigenvalue weighted by Gasteiger charge is 2.11. The van der Waals surface area contributed by atoms with Crippen molar-refractivity contribution in [2.75, 3.05) is 5.32 Å². The maximum absolute atomic E-state index is 11.8. The Labute approximate surface area is 136 Å². The Bertz CT molecular complexity index is 626. The van der Waals surface area contributed by atoms with Gasteiger partial charge in [-0.1, -0.05) is 6.92 Å². The Morgan fingerprint density at radius 1 is 1.40 bits per heavy atom. The molecule has 0 unspecified atom stereocenters. The van der Waals surface area contributed by atoms with Crippen molar-refractivity contribution in [2.24, 2.45) is 0 Å². The van der Waals surface area contributed by atoms with Crippen LogP contribution in [0, 0.1) is 3.57 Å². The average Bonchev–Trinajstić information content (AvgIpc) is 2.94. The lowest BCUT2D eigenvalue weighted by Crippen LogP contribution is -2.34. The molecule has 1 heterocycles. The van der Waals surface area contributed by atoms with Gasteiger partial charge in [0.05, 0.1) is 6.26 Å². The summed E-state index contributed by atoms with van der Waals surface area (Å²) in [6, 6.07) is 9.25. The molecule has 0 saturated heterocycles. The zero-order chi connectivity index (χ0) is 14.5. The molecule has 104 valence electrons. The number of benzene rings is 1. The first-order valence-corrected chi connectivity index (χ1v) is 7.53. The fourth-order valence-corrected chi connectivity index (χ4v) is 2.46. The lowest BCUT2D eigenvalue weighted by Gasteiger charge is -2.12. The van der Waals surface area contributed by atoms with E-state index in [1.807, 2.05) is 12.1 Å². The molecule has 1 aromatic heterocycles. The Morgan fingerprint density at radius 3 is 2.85 bits per heavy atom. The number of hydrogen-bond donors (Lipinski definition) is 2. The predicted molar refractivity (Wildman–Crippen MR) is 90.9 cm³/mol. The van der Waals surface area contributed by atoms with E-state index in [0.29, 0.717) is 0 Å². The highest BCUT2D eigenvalue weighted by molar-refractivity contribution is 14.1. The summed E-state index contributed by atoms with van der Waals surface area (Å²) in [5.74, 6) is -0.136. The van der Waals surface area contributed by atoms with Crippen LogP contribution in [0.5, 0.6) is 0 Å². The molecule has 20 heavy (non-hydrogen) atoms. The number of nitrogens with one attached hydrogen (secondary N) is 2. The third kappa shape index (κ3) is 3.80. The summed E-state index contributed by atoms with van der Waals surface area (Å²) in [5, 5.41) is 5.87.